The molecular weight excluding hydrogens is 366 g/mol. The lowest BCUT2D eigenvalue weighted by Crippen LogP contribution is -2.52. The van der Waals surface area contributed by atoms with Crippen molar-refractivity contribution in [2.24, 2.45) is 0 Å². The number of esters is 1. The number of carbonyl (C=O) groups excluding carboxylic acids is 5. The molecule has 2 aliphatic rings. The number of hydrogen-bond donors (Lipinski definition) is 0. The van der Waals surface area contributed by atoms with Crippen molar-refractivity contribution in [3.63, 3.8) is 0 Å². The van der Waals surface area contributed by atoms with Crippen LogP contribution in [0, 0.1) is 0 Å². The number of nitrogens with zero attached hydrogens (tertiary/aromatic N) is 3. The Morgan fingerprint density at radius 2 is 1.79 bits per heavy atom. The fourth-order valence-electron chi connectivity index (χ4n) is 3.34. The summed E-state index contributed by atoms with van der Waals surface area (Å²) in [6.45, 7) is 2.81. The van der Waals surface area contributed by atoms with Gasteiger partial charge in [0.25, 0.3) is 0 Å². The summed E-state index contributed by atoms with van der Waals surface area (Å²) >= 11 is 0. The van der Waals surface area contributed by atoms with Crippen LogP contribution in [0.3, 0.4) is 0 Å². The molecule has 0 bridgehead atoms. The molecule has 1 fully saturated rings. The summed E-state index contributed by atoms with van der Waals surface area (Å²) in [6.07, 6.45) is 1.57. The number of methoxy groups -OCH3 is 1. The van der Waals surface area contributed by atoms with Crippen LogP contribution in [-0.4, -0.2) is 70.7 Å². The van der Waals surface area contributed by atoms with E-state index in [1.807, 2.05) is 24.3 Å². The molecule has 1 aromatic rings. The Bertz CT molecular complexity index is 880. The average Bonchev–Trinajstić information content (AvgIpc) is 2.90. The van der Waals surface area contributed by atoms with Crippen LogP contribution < -0.4 is 0 Å². The summed E-state index contributed by atoms with van der Waals surface area (Å²) in [4.78, 5) is 64.0. The van der Waals surface area contributed by atoms with E-state index in [-0.39, 0.29) is 19.5 Å². The number of imide groups is 2. The lowest BCUT2D eigenvalue weighted by molar-refractivity contribution is -0.154. The van der Waals surface area contributed by atoms with Crippen molar-refractivity contribution in [3.8, 4) is 0 Å². The largest absolute Gasteiger partial charge is 0.467 e. The maximum Gasteiger partial charge on any atom is 0.335 e. The van der Waals surface area contributed by atoms with Gasteiger partial charge in [-0.2, -0.15) is 0 Å². The molecular formula is C19H19N3O6. The maximum atomic E-state index is 12.9. The average molecular weight is 385 g/mol. The van der Waals surface area contributed by atoms with Crippen LogP contribution in [0.15, 0.2) is 36.9 Å². The van der Waals surface area contributed by atoms with Gasteiger partial charge in [0.1, 0.15) is 12.6 Å². The van der Waals surface area contributed by atoms with Crippen molar-refractivity contribution in [2.75, 3.05) is 20.2 Å². The van der Waals surface area contributed by atoms with Gasteiger partial charge >= 0.3 is 23.8 Å². The van der Waals surface area contributed by atoms with E-state index < -0.39 is 42.3 Å². The number of ether oxygens (including phenoxy) is 1. The number of hydrogen-bond acceptors (Lipinski definition) is 6. The summed E-state index contributed by atoms with van der Waals surface area (Å²) in [6, 6.07) is 5.61. The van der Waals surface area contributed by atoms with Crippen LogP contribution in [0.5, 0.6) is 0 Å². The minimum absolute atomic E-state index is 0.129. The van der Waals surface area contributed by atoms with Gasteiger partial charge in [-0.15, -0.1) is 6.58 Å². The monoisotopic (exact) mass is 385 g/mol. The highest BCUT2D eigenvalue weighted by molar-refractivity contribution is 6.45. The third kappa shape index (κ3) is 3.26. The molecule has 3 rings (SSSR count). The van der Waals surface area contributed by atoms with E-state index in [4.69, 9.17) is 4.74 Å². The Morgan fingerprint density at radius 3 is 2.43 bits per heavy atom. The highest BCUT2D eigenvalue weighted by atomic mass is 16.5. The van der Waals surface area contributed by atoms with Crippen molar-refractivity contribution in [1.82, 2.24) is 14.7 Å². The summed E-state index contributed by atoms with van der Waals surface area (Å²) < 4.78 is 4.81. The van der Waals surface area contributed by atoms with Gasteiger partial charge in [0.2, 0.25) is 5.91 Å². The summed E-state index contributed by atoms with van der Waals surface area (Å²) in [5.41, 5.74) is 1.78. The highest BCUT2D eigenvalue weighted by Crippen LogP contribution is 2.25. The Balaban J connectivity index is 1.83. The highest BCUT2D eigenvalue weighted by Gasteiger charge is 2.46. The quantitative estimate of drug-likeness (QED) is 0.308. The number of carbonyl (C=O) groups is 5. The molecule has 28 heavy (non-hydrogen) atoms. The zero-order chi connectivity index (χ0) is 20.4. The lowest BCUT2D eigenvalue weighted by atomic mass is 9.94. The van der Waals surface area contributed by atoms with Gasteiger partial charge in [0, 0.05) is 19.5 Å². The molecule has 1 saturated heterocycles. The summed E-state index contributed by atoms with van der Waals surface area (Å²) in [5, 5.41) is 0. The predicted molar refractivity (Wildman–Crippen MR) is 95.5 cm³/mol. The van der Waals surface area contributed by atoms with E-state index in [0.29, 0.717) is 9.80 Å². The first-order valence-corrected chi connectivity index (χ1v) is 8.61. The predicted octanol–water partition coefficient (Wildman–Crippen LogP) is 0.0897. The second kappa shape index (κ2) is 7.63. The molecule has 9 nitrogen and oxygen atoms in total. The molecule has 1 aromatic carbocycles. The lowest BCUT2D eigenvalue weighted by Gasteiger charge is -2.35. The Kier molecular flexibility index (Phi) is 5.25. The fourth-order valence-corrected chi connectivity index (χ4v) is 3.34. The zero-order valence-corrected chi connectivity index (χ0v) is 15.3. The first-order chi connectivity index (χ1) is 13.4. The molecule has 2 heterocycles. The van der Waals surface area contributed by atoms with E-state index in [1.54, 1.807) is 0 Å². The maximum absolute atomic E-state index is 12.9. The molecule has 0 N–H and O–H groups in total. The van der Waals surface area contributed by atoms with E-state index in [1.165, 1.54) is 18.1 Å². The number of benzene rings is 1. The van der Waals surface area contributed by atoms with Crippen LogP contribution in [0.25, 0.3) is 0 Å². The molecule has 2 aliphatic heterocycles. The van der Waals surface area contributed by atoms with Crippen LogP contribution >= 0.6 is 0 Å². The second-order valence-corrected chi connectivity index (χ2v) is 6.41. The van der Waals surface area contributed by atoms with Crippen molar-refractivity contribution < 1.29 is 28.7 Å². The minimum Gasteiger partial charge on any atom is -0.467 e. The Hall–Kier alpha value is -3.49. The topological polar surface area (TPSA) is 104 Å². The van der Waals surface area contributed by atoms with Gasteiger partial charge in [-0.1, -0.05) is 30.3 Å². The standard InChI is InChI=1S/C19H19N3O6/c1-3-8-20-16(24)17(25)22(19(20)27)11-15(23)21-10-13-7-5-4-6-12(13)9-14(21)18(26)28-2/h3-7,14H,1,8-11H2,2H3/t14-/m1/s1. The van der Waals surface area contributed by atoms with E-state index in [0.717, 1.165) is 11.1 Å². The molecule has 0 radical (unpaired) electrons. The van der Waals surface area contributed by atoms with Gasteiger partial charge < -0.3 is 9.64 Å². The van der Waals surface area contributed by atoms with Gasteiger partial charge in [-0.05, 0) is 11.1 Å². The number of amides is 5. The van der Waals surface area contributed by atoms with Crippen molar-refractivity contribution in [1.29, 1.82) is 0 Å². The fraction of sp³-hybridized carbons (Fsp3) is 0.316. The van der Waals surface area contributed by atoms with Gasteiger partial charge in [0.15, 0.2) is 0 Å². The van der Waals surface area contributed by atoms with E-state index in [2.05, 4.69) is 6.58 Å². The Morgan fingerprint density at radius 1 is 1.14 bits per heavy atom. The van der Waals surface area contributed by atoms with Gasteiger partial charge in [-0.25, -0.2) is 14.5 Å². The van der Waals surface area contributed by atoms with Crippen molar-refractivity contribution in [3.05, 3.63) is 48.0 Å². The summed E-state index contributed by atoms with van der Waals surface area (Å²) in [7, 11) is 1.23. The number of urea groups is 1. The van der Waals surface area contributed by atoms with Crippen LogP contribution in [0.4, 0.5) is 4.79 Å². The van der Waals surface area contributed by atoms with Crippen LogP contribution in [0.2, 0.25) is 0 Å². The van der Waals surface area contributed by atoms with E-state index in [9.17, 15) is 24.0 Å². The normalized spacial score (nSPS) is 19.0. The molecule has 0 aliphatic carbocycles. The second-order valence-electron chi connectivity index (χ2n) is 6.41. The van der Waals surface area contributed by atoms with Crippen LogP contribution in [-0.2, 0) is 36.9 Å². The first-order valence-electron chi connectivity index (χ1n) is 8.61. The van der Waals surface area contributed by atoms with Crippen molar-refractivity contribution in [2.45, 2.75) is 19.0 Å². The molecule has 9 heteroatoms. The zero-order valence-electron chi connectivity index (χ0n) is 15.3. The third-order valence-electron chi connectivity index (χ3n) is 4.78. The molecule has 0 spiro atoms. The number of rotatable bonds is 5. The molecule has 0 unspecified atom stereocenters. The third-order valence-corrected chi connectivity index (χ3v) is 4.78. The minimum atomic E-state index is -1.08. The SMILES string of the molecule is C=CCN1C(=O)C(=O)N(CC(=O)N2Cc3ccccc3C[C@@H]2C(=O)OC)C1=O. The van der Waals surface area contributed by atoms with E-state index >= 15 is 0 Å². The summed E-state index contributed by atoms with van der Waals surface area (Å²) in [5.74, 6) is -3.30. The first kappa shape index (κ1) is 19.3. The molecule has 1 atom stereocenters. The molecule has 146 valence electrons. The molecule has 0 aromatic heterocycles. The smallest absolute Gasteiger partial charge is 0.335 e. The Labute approximate surface area is 161 Å². The number of fused-ring (bicyclic) bond motifs is 1. The van der Waals surface area contributed by atoms with Gasteiger partial charge in [0.05, 0.1) is 7.11 Å². The molecule has 5 amide bonds. The van der Waals surface area contributed by atoms with Crippen LogP contribution in [0.1, 0.15) is 11.1 Å². The molecule has 0 saturated carbocycles. The van der Waals surface area contributed by atoms with Gasteiger partial charge in [-0.3, -0.25) is 19.3 Å². The van der Waals surface area contributed by atoms with Crippen molar-refractivity contribution >= 4 is 29.7 Å².